The molecule has 0 atom stereocenters. The van der Waals surface area contributed by atoms with Gasteiger partial charge in [0.1, 0.15) is 4.88 Å². The minimum absolute atomic E-state index is 0.174. The fraction of sp³-hybridized carbons (Fsp3) is 0. The molecule has 0 bridgehead atoms. The molecule has 3 aromatic carbocycles. The van der Waals surface area contributed by atoms with Crippen molar-refractivity contribution in [1.82, 2.24) is 0 Å². The lowest BCUT2D eigenvalue weighted by atomic mass is 10.1. The maximum atomic E-state index is 12.7. The van der Waals surface area contributed by atoms with Gasteiger partial charge in [-0.2, -0.15) is 0 Å². The molecular formula is C19H13NO4S2. The largest absolute Gasteiger partial charge is 0.477 e. The lowest BCUT2D eigenvalue weighted by Crippen LogP contribution is -2.12. The molecule has 0 saturated carbocycles. The first-order valence-corrected chi connectivity index (χ1v) is 10.0. The Morgan fingerprint density at radius 1 is 0.885 bits per heavy atom. The molecular weight excluding hydrogens is 370 g/mol. The molecule has 0 aliphatic carbocycles. The number of carbonyl (C=O) groups is 1. The minimum atomic E-state index is -3.75. The van der Waals surface area contributed by atoms with Gasteiger partial charge < -0.3 is 5.11 Å². The van der Waals surface area contributed by atoms with Crippen molar-refractivity contribution in [2.75, 3.05) is 4.72 Å². The number of benzene rings is 3. The van der Waals surface area contributed by atoms with Crippen LogP contribution in [0, 0.1) is 0 Å². The predicted molar refractivity (Wildman–Crippen MR) is 104 cm³/mol. The number of rotatable bonds is 4. The molecule has 26 heavy (non-hydrogen) atoms. The van der Waals surface area contributed by atoms with E-state index >= 15 is 0 Å². The summed E-state index contributed by atoms with van der Waals surface area (Å²) >= 11 is 1.15. The molecule has 1 heterocycles. The third-order valence-electron chi connectivity index (χ3n) is 4.01. The van der Waals surface area contributed by atoms with Crippen molar-refractivity contribution in [3.05, 3.63) is 71.6 Å². The van der Waals surface area contributed by atoms with Crippen LogP contribution >= 0.6 is 11.3 Å². The van der Waals surface area contributed by atoms with Crippen LogP contribution in [0.1, 0.15) is 9.67 Å². The van der Waals surface area contributed by atoms with Crippen LogP contribution in [0.5, 0.6) is 0 Å². The van der Waals surface area contributed by atoms with Gasteiger partial charge in [0.05, 0.1) is 4.90 Å². The molecule has 130 valence electrons. The first-order valence-electron chi connectivity index (χ1n) is 7.71. The minimum Gasteiger partial charge on any atom is -0.477 e. The third-order valence-corrected chi connectivity index (χ3v) is 6.49. The van der Waals surface area contributed by atoms with E-state index in [1.807, 2.05) is 24.3 Å². The van der Waals surface area contributed by atoms with Gasteiger partial charge in [0.2, 0.25) is 0 Å². The van der Waals surface area contributed by atoms with E-state index < -0.39 is 16.0 Å². The fourth-order valence-corrected chi connectivity index (χ4v) is 4.73. The van der Waals surface area contributed by atoms with E-state index in [0.717, 1.165) is 26.8 Å². The summed E-state index contributed by atoms with van der Waals surface area (Å²) in [4.78, 5) is 11.5. The summed E-state index contributed by atoms with van der Waals surface area (Å²) < 4.78 is 28.7. The van der Waals surface area contributed by atoms with Gasteiger partial charge in [0.15, 0.2) is 0 Å². The van der Waals surface area contributed by atoms with Gasteiger partial charge in [-0.1, -0.05) is 30.3 Å². The molecule has 0 unspecified atom stereocenters. The zero-order chi connectivity index (χ0) is 18.3. The molecule has 0 fully saturated rings. The van der Waals surface area contributed by atoms with Crippen LogP contribution in [0.15, 0.2) is 71.6 Å². The molecule has 0 amide bonds. The van der Waals surface area contributed by atoms with Crippen molar-refractivity contribution in [3.8, 4) is 0 Å². The number of nitrogens with one attached hydrogen (secondary N) is 1. The summed E-state index contributed by atoms with van der Waals surface area (Å²) in [6.07, 6.45) is 0. The Balaban J connectivity index is 1.70. The fourth-order valence-electron chi connectivity index (χ4n) is 2.76. The zero-order valence-corrected chi connectivity index (χ0v) is 15.0. The average molecular weight is 383 g/mol. The number of sulfonamides is 1. The SMILES string of the molecule is O=C(O)c1cc2cc(NS(=O)(=O)c3ccc4ccccc4c3)ccc2s1. The molecule has 0 spiro atoms. The Bertz CT molecular complexity index is 1260. The van der Waals surface area contributed by atoms with Gasteiger partial charge in [-0.3, -0.25) is 4.72 Å². The van der Waals surface area contributed by atoms with E-state index in [9.17, 15) is 13.2 Å². The summed E-state index contributed by atoms with van der Waals surface area (Å²) in [5.74, 6) is -0.996. The van der Waals surface area contributed by atoms with Crippen molar-refractivity contribution < 1.29 is 18.3 Å². The Morgan fingerprint density at radius 2 is 1.65 bits per heavy atom. The standard InChI is InChI=1S/C19H13NO4S2/c21-19(22)18-11-14-9-15(6-8-17(14)25-18)20-26(23,24)16-7-5-12-3-1-2-4-13(12)10-16/h1-11,20H,(H,21,22). The number of hydrogen-bond donors (Lipinski definition) is 2. The van der Waals surface area contributed by atoms with E-state index in [1.165, 1.54) is 6.07 Å². The highest BCUT2D eigenvalue weighted by molar-refractivity contribution is 7.92. The summed E-state index contributed by atoms with van der Waals surface area (Å²) in [5, 5.41) is 11.6. The molecule has 4 aromatic rings. The average Bonchev–Trinajstić information content (AvgIpc) is 3.04. The number of carboxylic acids is 1. The normalized spacial score (nSPS) is 11.7. The quantitative estimate of drug-likeness (QED) is 0.541. The second-order valence-electron chi connectivity index (χ2n) is 5.78. The molecule has 0 radical (unpaired) electrons. The summed E-state index contributed by atoms with van der Waals surface area (Å²) in [6, 6.07) is 19.0. The van der Waals surface area contributed by atoms with E-state index in [2.05, 4.69) is 4.72 Å². The molecule has 7 heteroatoms. The first-order chi connectivity index (χ1) is 12.4. The lowest BCUT2D eigenvalue weighted by Gasteiger charge is -2.09. The van der Waals surface area contributed by atoms with E-state index in [1.54, 1.807) is 36.4 Å². The number of thiophene rings is 1. The number of hydrogen-bond acceptors (Lipinski definition) is 4. The third kappa shape index (κ3) is 3.02. The lowest BCUT2D eigenvalue weighted by molar-refractivity contribution is 0.0702. The van der Waals surface area contributed by atoms with Crippen molar-refractivity contribution in [1.29, 1.82) is 0 Å². The maximum Gasteiger partial charge on any atom is 0.345 e. The molecule has 0 saturated heterocycles. The van der Waals surface area contributed by atoms with Crippen LogP contribution in [0.3, 0.4) is 0 Å². The Hall–Kier alpha value is -2.90. The van der Waals surface area contributed by atoms with Crippen molar-refractivity contribution >= 4 is 53.9 Å². The van der Waals surface area contributed by atoms with Crippen molar-refractivity contribution in [2.45, 2.75) is 4.90 Å². The first kappa shape index (κ1) is 16.6. The van der Waals surface area contributed by atoms with E-state index in [-0.39, 0.29) is 9.77 Å². The molecule has 1 aromatic heterocycles. The van der Waals surface area contributed by atoms with Gasteiger partial charge >= 0.3 is 5.97 Å². The van der Waals surface area contributed by atoms with Crippen LogP contribution in [0.4, 0.5) is 5.69 Å². The molecule has 4 rings (SSSR count). The van der Waals surface area contributed by atoms with Gasteiger partial charge in [0, 0.05) is 10.4 Å². The zero-order valence-electron chi connectivity index (χ0n) is 13.3. The number of aromatic carboxylic acids is 1. The van der Waals surface area contributed by atoms with E-state index in [0.29, 0.717) is 11.1 Å². The van der Waals surface area contributed by atoms with Gasteiger partial charge in [-0.25, -0.2) is 13.2 Å². The van der Waals surface area contributed by atoms with Crippen LogP contribution in [0.2, 0.25) is 0 Å². The Kier molecular flexibility index (Phi) is 3.90. The molecule has 5 nitrogen and oxygen atoms in total. The number of fused-ring (bicyclic) bond motifs is 2. The molecule has 0 aliphatic rings. The topological polar surface area (TPSA) is 83.5 Å². The van der Waals surface area contributed by atoms with Crippen molar-refractivity contribution in [2.24, 2.45) is 0 Å². The predicted octanol–water partition coefficient (Wildman–Crippen LogP) is 4.55. The Labute approximate surface area is 153 Å². The van der Waals surface area contributed by atoms with Crippen LogP contribution < -0.4 is 4.72 Å². The number of anilines is 1. The molecule has 2 N–H and O–H groups in total. The Morgan fingerprint density at radius 3 is 2.42 bits per heavy atom. The van der Waals surface area contributed by atoms with Crippen LogP contribution in [-0.4, -0.2) is 19.5 Å². The van der Waals surface area contributed by atoms with Crippen molar-refractivity contribution in [3.63, 3.8) is 0 Å². The van der Waals surface area contributed by atoms with Gasteiger partial charge in [-0.05, 0) is 52.6 Å². The van der Waals surface area contributed by atoms with Crippen LogP contribution in [0.25, 0.3) is 20.9 Å². The smallest absolute Gasteiger partial charge is 0.345 e. The number of carboxylic acid groups (broad SMARTS) is 1. The highest BCUT2D eigenvalue weighted by Crippen LogP contribution is 2.29. The second kappa shape index (κ2) is 6.12. The molecule has 0 aliphatic heterocycles. The summed E-state index contributed by atoms with van der Waals surface area (Å²) in [6.45, 7) is 0. The summed E-state index contributed by atoms with van der Waals surface area (Å²) in [7, 11) is -3.75. The van der Waals surface area contributed by atoms with Gasteiger partial charge in [-0.15, -0.1) is 11.3 Å². The monoisotopic (exact) mass is 383 g/mol. The summed E-state index contributed by atoms with van der Waals surface area (Å²) in [5.41, 5.74) is 0.389. The second-order valence-corrected chi connectivity index (χ2v) is 8.55. The maximum absolute atomic E-state index is 12.7. The van der Waals surface area contributed by atoms with E-state index in [4.69, 9.17) is 5.11 Å². The van der Waals surface area contributed by atoms with Gasteiger partial charge in [0.25, 0.3) is 10.0 Å². The van der Waals surface area contributed by atoms with Crippen LogP contribution in [-0.2, 0) is 10.0 Å². The highest BCUT2D eigenvalue weighted by atomic mass is 32.2. The highest BCUT2D eigenvalue weighted by Gasteiger charge is 2.16.